The highest BCUT2D eigenvalue weighted by molar-refractivity contribution is 5.97. The van der Waals surface area contributed by atoms with Crippen molar-refractivity contribution in [3.63, 3.8) is 0 Å². The number of pyridine rings is 1. The Labute approximate surface area is 106 Å². The van der Waals surface area contributed by atoms with Gasteiger partial charge < -0.3 is 15.7 Å². The average molecular weight is 275 g/mol. The zero-order chi connectivity index (χ0) is 14.2. The van der Waals surface area contributed by atoms with Crippen molar-refractivity contribution in [2.24, 2.45) is 11.7 Å². The number of halogens is 3. The highest BCUT2D eigenvalue weighted by Crippen LogP contribution is 2.32. The average Bonchev–Trinajstić information content (AvgIpc) is 2.26. The molecule has 8 heteroatoms. The molecule has 0 atom stereocenters. The van der Waals surface area contributed by atoms with Gasteiger partial charge in [-0.05, 0) is 12.1 Å². The van der Waals surface area contributed by atoms with E-state index < -0.39 is 17.8 Å². The van der Waals surface area contributed by atoms with Crippen LogP contribution in [-0.2, 0) is 6.18 Å². The largest absolute Gasteiger partial charge is 0.433 e. The molecule has 1 aromatic rings. The third kappa shape index (κ3) is 2.62. The van der Waals surface area contributed by atoms with E-state index in [2.05, 4.69) is 4.98 Å². The Morgan fingerprint density at radius 2 is 2.11 bits per heavy atom. The number of anilines is 1. The van der Waals surface area contributed by atoms with E-state index in [4.69, 9.17) is 10.8 Å². The predicted octanol–water partition coefficient (Wildman–Crippen LogP) is 0.628. The smallest absolute Gasteiger partial charge is 0.396 e. The lowest BCUT2D eigenvalue weighted by molar-refractivity contribution is -0.141. The monoisotopic (exact) mass is 275 g/mol. The van der Waals surface area contributed by atoms with E-state index in [-0.39, 0.29) is 23.9 Å². The Hall–Kier alpha value is -1.83. The number of rotatable bonds is 3. The maximum atomic E-state index is 12.6. The first-order valence-electron chi connectivity index (χ1n) is 5.56. The Bertz CT molecular complexity index is 498. The molecule has 1 aliphatic heterocycles. The summed E-state index contributed by atoms with van der Waals surface area (Å²) in [5.41, 5.74) is 4.00. The molecule has 0 spiro atoms. The Kier molecular flexibility index (Phi) is 3.36. The molecule has 1 aromatic heterocycles. The zero-order valence-corrected chi connectivity index (χ0v) is 9.81. The van der Waals surface area contributed by atoms with Gasteiger partial charge in [0.15, 0.2) is 0 Å². The van der Waals surface area contributed by atoms with Crippen molar-refractivity contribution in [2.45, 2.75) is 6.18 Å². The number of carbonyl (C=O) groups is 1. The van der Waals surface area contributed by atoms with Gasteiger partial charge in [0.25, 0.3) is 5.91 Å². The number of nitrogens with two attached hydrogens (primary N) is 1. The van der Waals surface area contributed by atoms with Crippen LogP contribution in [0.2, 0.25) is 0 Å². The van der Waals surface area contributed by atoms with E-state index in [0.29, 0.717) is 13.1 Å². The maximum Gasteiger partial charge on any atom is 0.433 e. The Balaban J connectivity index is 2.35. The molecule has 0 saturated carbocycles. The fraction of sp³-hybridized carbons (Fsp3) is 0.455. The lowest BCUT2D eigenvalue weighted by Crippen LogP contribution is -2.49. The van der Waals surface area contributed by atoms with Crippen molar-refractivity contribution in [3.05, 3.63) is 23.4 Å². The molecule has 0 unspecified atom stereocenters. The standard InChI is InChI=1S/C11H12F3N3O2/c12-11(13,14)8-2-1-7(9(15)19)10(16-8)17-3-6(4-17)5-18/h1-2,6,18H,3-5H2,(H2,15,19). The summed E-state index contributed by atoms with van der Waals surface area (Å²) in [5.74, 6) is -0.923. The van der Waals surface area contributed by atoms with Crippen LogP contribution in [0.25, 0.3) is 0 Å². The number of nitrogens with zero attached hydrogens (tertiary/aromatic N) is 2. The van der Waals surface area contributed by atoms with E-state index in [9.17, 15) is 18.0 Å². The Morgan fingerprint density at radius 3 is 2.58 bits per heavy atom. The van der Waals surface area contributed by atoms with Crippen molar-refractivity contribution in [2.75, 3.05) is 24.6 Å². The van der Waals surface area contributed by atoms with E-state index in [0.717, 1.165) is 12.1 Å². The number of hydrogen-bond donors (Lipinski definition) is 2. The molecule has 1 fully saturated rings. The van der Waals surface area contributed by atoms with Gasteiger partial charge in [0.2, 0.25) is 0 Å². The van der Waals surface area contributed by atoms with Crippen LogP contribution in [0.4, 0.5) is 19.0 Å². The van der Waals surface area contributed by atoms with Gasteiger partial charge in [0.05, 0.1) is 5.56 Å². The molecule has 104 valence electrons. The molecule has 2 heterocycles. The molecule has 0 aliphatic carbocycles. The molecule has 3 N–H and O–H groups in total. The van der Waals surface area contributed by atoms with Crippen LogP contribution in [-0.4, -0.2) is 35.7 Å². The minimum atomic E-state index is -4.58. The first kappa shape index (κ1) is 13.6. The molecule has 0 radical (unpaired) electrons. The van der Waals surface area contributed by atoms with Gasteiger partial charge in [-0.3, -0.25) is 4.79 Å². The number of aliphatic hydroxyl groups is 1. The molecule has 2 rings (SSSR count). The Morgan fingerprint density at radius 1 is 1.47 bits per heavy atom. The summed E-state index contributed by atoms with van der Waals surface area (Å²) in [6.07, 6.45) is -4.58. The van der Waals surface area contributed by atoms with Crippen molar-refractivity contribution >= 4 is 11.7 Å². The van der Waals surface area contributed by atoms with Crippen LogP contribution in [0.3, 0.4) is 0 Å². The van der Waals surface area contributed by atoms with Gasteiger partial charge in [0, 0.05) is 25.6 Å². The highest BCUT2D eigenvalue weighted by atomic mass is 19.4. The van der Waals surface area contributed by atoms with Gasteiger partial charge in [-0.2, -0.15) is 13.2 Å². The minimum Gasteiger partial charge on any atom is -0.396 e. The molecule has 5 nitrogen and oxygen atoms in total. The summed E-state index contributed by atoms with van der Waals surface area (Å²) in [5, 5.41) is 8.89. The summed E-state index contributed by atoms with van der Waals surface area (Å²) >= 11 is 0. The molecule has 1 saturated heterocycles. The normalized spacial score (nSPS) is 16.3. The molecule has 1 amide bonds. The summed E-state index contributed by atoms with van der Waals surface area (Å²) in [4.78, 5) is 16.2. The topological polar surface area (TPSA) is 79.5 Å². The first-order chi connectivity index (χ1) is 8.82. The molecule has 0 bridgehead atoms. The van der Waals surface area contributed by atoms with Crippen LogP contribution in [0, 0.1) is 5.92 Å². The number of carbonyl (C=O) groups excluding carboxylic acids is 1. The second-order valence-electron chi connectivity index (χ2n) is 4.38. The maximum absolute atomic E-state index is 12.6. The summed E-state index contributed by atoms with van der Waals surface area (Å²) in [6.45, 7) is 0.650. The van der Waals surface area contributed by atoms with E-state index in [1.807, 2.05) is 0 Å². The number of primary amides is 1. The van der Waals surface area contributed by atoms with Gasteiger partial charge in [0.1, 0.15) is 11.5 Å². The highest BCUT2D eigenvalue weighted by Gasteiger charge is 2.36. The SMILES string of the molecule is NC(=O)c1ccc(C(F)(F)F)nc1N1CC(CO)C1. The number of aromatic nitrogens is 1. The van der Waals surface area contributed by atoms with Crippen molar-refractivity contribution in [3.8, 4) is 0 Å². The molecule has 1 aliphatic rings. The summed E-state index contributed by atoms with van der Waals surface area (Å²) in [7, 11) is 0. The fourth-order valence-corrected chi connectivity index (χ4v) is 1.90. The van der Waals surface area contributed by atoms with Crippen LogP contribution in [0.5, 0.6) is 0 Å². The van der Waals surface area contributed by atoms with Crippen LogP contribution in [0.15, 0.2) is 12.1 Å². The van der Waals surface area contributed by atoms with E-state index >= 15 is 0 Å². The lowest BCUT2D eigenvalue weighted by Gasteiger charge is -2.40. The van der Waals surface area contributed by atoms with Crippen LogP contribution >= 0.6 is 0 Å². The van der Waals surface area contributed by atoms with Crippen LogP contribution < -0.4 is 10.6 Å². The minimum absolute atomic E-state index is 0.0166. The molecule has 0 aromatic carbocycles. The zero-order valence-electron chi connectivity index (χ0n) is 9.81. The van der Waals surface area contributed by atoms with Crippen molar-refractivity contribution < 1.29 is 23.1 Å². The van der Waals surface area contributed by atoms with Crippen molar-refractivity contribution in [1.29, 1.82) is 0 Å². The van der Waals surface area contributed by atoms with Gasteiger partial charge in [-0.1, -0.05) is 0 Å². The number of amides is 1. The second-order valence-corrected chi connectivity index (χ2v) is 4.38. The first-order valence-corrected chi connectivity index (χ1v) is 5.56. The molecular weight excluding hydrogens is 263 g/mol. The van der Waals surface area contributed by atoms with Crippen molar-refractivity contribution in [1.82, 2.24) is 4.98 Å². The van der Waals surface area contributed by atoms with Gasteiger partial charge in [-0.25, -0.2) is 4.98 Å². The van der Waals surface area contributed by atoms with E-state index in [1.54, 1.807) is 0 Å². The van der Waals surface area contributed by atoms with Crippen LogP contribution in [0.1, 0.15) is 16.1 Å². The fourth-order valence-electron chi connectivity index (χ4n) is 1.90. The number of hydrogen-bond acceptors (Lipinski definition) is 4. The second kappa shape index (κ2) is 4.69. The molecular formula is C11H12F3N3O2. The van der Waals surface area contributed by atoms with E-state index in [1.165, 1.54) is 4.90 Å². The summed E-state index contributed by atoms with van der Waals surface area (Å²) < 4.78 is 37.8. The summed E-state index contributed by atoms with van der Waals surface area (Å²) in [6, 6.07) is 1.76. The quantitative estimate of drug-likeness (QED) is 0.848. The van der Waals surface area contributed by atoms with Gasteiger partial charge >= 0.3 is 6.18 Å². The molecule has 19 heavy (non-hydrogen) atoms. The predicted molar refractivity (Wildman–Crippen MR) is 60.5 cm³/mol. The number of alkyl halides is 3. The lowest BCUT2D eigenvalue weighted by atomic mass is 10.0. The third-order valence-electron chi connectivity index (χ3n) is 2.95. The number of aliphatic hydroxyl groups excluding tert-OH is 1. The van der Waals surface area contributed by atoms with Gasteiger partial charge in [-0.15, -0.1) is 0 Å². The third-order valence-corrected chi connectivity index (χ3v) is 2.95.